The Morgan fingerprint density at radius 1 is 1.05 bits per heavy atom. The van der Waals surface area contributed by atoms with Gasteiger partial charge < -0.3 is 21.5 Å². The van der Waals surface area contributed by atoms with E-state index in [1.807, 2.05) is 6.07 Å². The number of carbonyl (C=O) groups excluding carboxylic acids is 2. The number of benzene rings is 2. The molecule has 0 aliphatic heterocycles. The maximum atomic E-state index is 13.2. The number of aromatic nitrogens is 1. The topological polar surface area (TPSA) is 141 Å². The Hall–Kier alpha value is -4.44. The van der Waals surface area contributed by atoms with Crippen molar-refractivity contribution in [3.8, 4) is 34.2 Å². The lowest BCUT2D eigenvalue weighted by molar-refractivity contribution is -0.137. The molecule has 8 nitrogen and oxygen atoms in total. The van der Waals surface area contributed by atoms with Gasteiger partial charge in [-0.2, -0.15) is 18.4 Å². The molecule has 2 heterocycles. The van der Waals surface area contributed by atoms with Gasteiger partial charge in [0.2, 0.25) is 5.91 Å². The molecule has 0 bridgehead atoms. The van der Waals surface area contributed by atoms with Crippen LogP contribution >= 0.6 is 23.7 Å². The number of amides is 2. The molecule has 0 aliphatic carbocycles. The van der Waals surface area contributed by atoms with Crippen LogP contribution in [-0.2, 0) is 11.0 Å². The van der Waals surface area contributed by atoms with Gasteiger partial charge in [-0.3, -0.25) is 9.59 Å². The Balaban J connectivity index is 0.00000441. The van der Waals surface area contributed by atoms with E-state index in [-0.39, 0.29) is 59.5 Å². The van der Waals surface area contributed by atoms with E-state index in [2.05, 4.69) is 15.6 Å². The number of hydrogen-bond donors (Lipinski definition) is 4. The third-order valence-electron chi connectivity index (χ3n) is 5.54. The SMILES string of the molecule is Cl.N#Cc1c(-c2cccc(NC(=O)CCN)c2)cc(-c2ccc(C(F)(F)F)cc2O)nc1NC(=O)c1cccs1. The molecular formula is C27H21ClF3N5O3S. The van der Waals surface area contributed by atoms with Crippen LogP contribution < -0.4 is 16.4 Å². The highest BCUT2D eigenvalue weighted by atomic mass is 35.5. The zero-order valence-electron chi connectivity index (χ0n) is 20.5. The van der Waals surface area contributed by atoms with Gasteiger partial charge >= 0.3 is 6.18 Å². The average molecular weight is 588 g/mol. The number of carbonyl (C=O) groups is 2. The Kier molecular flexibility index (Phi) is 9.49. The first-order chi connectivity index (χ1) is 18.6. The molecule has 0 aliphatic rings. The smallest absolute Gasteiger partial charge is 0.416 e. The number of nitriles is 1. The van der Waals surface area contributed by atoms with E-state index in [4.69, 9.17) is 5.73 Å². The quantitative estimate of drug-likeness (QED) is 0.208. The monoisotopic (exact) mass is 587 g/mol. The van der Waals surface area contributed by atoms with Crippen molar-refractivity contribution < 1.29 is 27.9 Å². The molecule has 2 aromatic carbocycles. The molecule has 2 aromatic heterocycles. The van der Waals surface area contributed by atoms with Crippen molar-refractivity contribution in [2.75, 3.05) is 17.2 Å². The van der Waals surface area contributed by atoms with E-state index in [1.54, 1.807) is 41.8 Å². The van der Waals surface area contributed by atoms with Crippen LogP contribution in [0.1, 0.15) is 27.2 Å². The van der Waals surface area contributed by atoms with Gasteiger partial charge in [0.1, 0.15) is 17.4 Å². The molecule has 2 amide bonds. The molecule has 4 rings (SSSR count). The standard InChI is InChI=1S/C27H20F3N5O3S.ClH/c28-27(29,30)16-6-7-18(22(36)12-16)21-13-19(15-3-1-4-17(11-15)33-24(37)8-9-31)20(14-32)25(34-21)35-26(38)23-5-2-10-39-23;/h1-7,10-13,36H,8-9,31H2,(H,33,37)(H,34,35,38);1H. The number of nitrogens with one attached hydrogen (secondary N) is 2. The molecule has 0 saturated heterocycles. The van der Waals surface area contributed by atoms with Crippen molar-refractivity contribution in [3.05, 3.63) is 82.0 Å². The highest BCUT2D eigenvalue weighted by Crippen LogP contribution is 2.39. The molecule has 0 fully saturated rings. The van der Waals surface area contributed by atoms with Gasteiger partial charge in [-0.1, -0.05) is 18.2 Å². The number of phenols is 1. The van der Waals surface area contributed by atoms with Gasteiger partial charge in [-0.15, -0.1) is 23.7 Å². The number of phenolic OH excluding ortho intramolecular Hbond substituents is 1. The molecule has 0 atom stereocenters. The average Bonchev–Trinajstić information content (AvgIpc) is 3.43. The number of hydrogen-bond acceptors (Lipinski definition) is 7. The van der Waals surface area contributed by atoms with Gasteiger partial charge in [0.25, 0.3) is 5.91 Å². The lowest BCUT2D eigenvalue weighted by Crippen LogP contribution is -2.16. The van der Waals surface area contributed by atoms with Crippen LogP contribution in [0.25, 0.3) is 22.4 Å². The first-order valence-corrected chi connectivity index (χ1v) is 12.3. The summed E-state index contributed by atoms with van der Waals surface area (Å²) >= 11 is 1.16. The van der Waals surface area contributed by atoms with E-state index in [0.717, 1.165) is 23.5 Å². The minimum absolute atomic E-state index is 0. The molecule has 4 aromatic rings. The number of thiophene rings is 1. The number of anilines is 2. The lowest BCUT2D eigenvalue weighted by atomic mass is 9.97. The number of pyridine rings is 1. The van der Waals surface area contributed by atoms with Crippen molar-refractivity contribution in [1.82, 2.24) is 4.98 Å². The fourth-order valence-corrected chi connectivity index (χ4v) is 4.35. The van der Waals surface area contributed by atoms with Crippen LogP contribution in [0, 0.1) is 11.3 Å². The summed E-state index contributed by atoms with van der Waals surface area (Å²) in [6, 6.07) is 15.6. The summed E-state index contributed by atoms with van der Waals surface area (Å²) in [5, 5.41) is 27.5. The minimum Gasteiger partial charge on any atom is -0.507 e. The summed E-state index contributed by atoms with van der Waals surface area (Å²) in [5.41, 5.74) is 5.43. The number of nitrogens with zero attached hydrogens (tertiary/aromatic N) is 2. The van der Waals surface area contributed by atoms with Crippen LogP contribution in [0.5, 0.6) is 5.75 Å². The van der Waals surface area contributed by atoms with E-state index < -0.39 is 23.4 Å². The summed E-state index contributed by atoms with van der Waals surface area (Å²) in [5.74, 6) is -1.70. The van der Waals surface area contributed by atoms with Gasteiger partial charge in [0.05, 0.1) is 16.1 Å². The number of halogens is 4. The Labute approximate surface area is 236 Å². The molecule has 0 spiro atoms. The van der Waals surface area contributed by atoms with Gasteiger partial charge in [0, 0.05) is 29.8 Å². The maximum Gasteiger partial charge on any atom is 0.416 e. The second kappa shape index (κ2) is 12.6. The van der Waals surface area contributed by atoms with Crippen LogP contribution in [-0.4, -0.2) is 28.4 Å². The minimum atomic E-state index is -4.67. The van der Waals surface area contributed by atoms with Gasteiger partial charge in [0.15, 0.2) is 5.82 Å². The zero-order chi connectivity index (χ0) is 28.2. The van der Waals surface area contributed by atoms with Crippen molar-refractivity contribution in [3.63, 3.8) is 0 Å². The second-order valence-electron chi connectivity index (χ2n) is 8.22. The third-order valence-corrected chi connectivity index (χ3v) is 6.41. The van der Waals surface area contributed by atoms with E-state index in [0.29, 0.717) is 22.2 Å². The first kappa shape index (κ1) is 30.1. The van der Waals surface area contributed by atoms with Crippen LogP contribution in [0.15, 0.2) is 66.0 Å². The summed E-state index contributed by atoms with van der Waals surface area (Å²) in [4.78, 5) is 29.5. The van der Waals surface area contributed by atoms with E-state index in [1.165, 1.54) is 6.07 Å². The Morgan fingerprint density at radius 2 is 1.82 bits per heavy atom. The Bertz CT molecular complexity index is 1590. The molecule has 206 valence electrons. The number of alkyl halides is 3. The fraction of sp³-hybridized carbons (Fsp3) is 0.111. The van der Waals surface area contributed by atoms with Crippen molar-refractivity contribution in [2.45, 2.75) is 12.6 Å². The molecule has 0 saturated carbocycles. The van der Waals surface area contributed by atoms with Crippen LogP contribution in [0.3, 0.4) is 0 Å². The van der Waals surface area contributed by atoms with Gasteiger partial charge in [-0.25, -0.2) is 4.98 Å². The second-order valence-corrected chi connectivity index (χ2v) is 9.17. The van der Waals surface area contributed by atoms with E-state index in [9.17, 15) is 33.1 Å². The number of rotatable bonds is 7. The third kappa shape index (κ3) is 6.76. The van der Waals surface area contributed by atoms with Crippen LogP contribution in [0.4, 0.5) is 24.7 Å². The zero-order valence-corrected chi connectivity index (χ0v) is 22.1. The molecule has 0 radical (unpaired) electrons. The summed E-state index contributed by atoms with van der Waals surface area (Å²) < 4.78 is 39.5. The summed E-state index contributed by atoms with van der Waals surface area (Å²) in [7, 11) is 0. The lowest BCUT2D eigenvalue weighted by Gasteiger charge is -2.15. The molecule has 13 heteroatoms. The summed E-state index contributed by atoms with van der Waals surface area (Å²) in [6.45, 7) is 0.155. The molecule has 40 heavy (non-hydrogen) atoms. The molecule has 0 unspecified atom stereocenters. The van der Waals surface area contributed by atoms with Crippen molar-refractivity contribution >= 4 is 47.1 Å². The van der Waals surface area contributed by atoms with Crippen molar-refractivity contribution in [1.29, 1.82) is 5.26 Å². The van der Waals surface area contributed by atoms with Crippen LogP contribution in [0.2, 0.25) is 0 Å². The van der Waals surface area contributed by atoms with Crippen molar-refractivity contribution in [2.24, 2.45) is 5.73 Å². The predicted molar refractivity (Wildman–Crippen MR) is 148 cm³/mol. The maximum absolute atomic E-state index is 13.2. The first-order valence-electron chi connectivity index (χ1n) is 11.4. The highest BCUT2D eigenvalue weighted by Gasteiger charge is 2.31. The summed E-state index contributed by atoms with van der Waals surface area (Å²) in [6.07, 6.45) is -4.58. The van der Waals surface area contributed by atoms with E-state index >= 15 is 0 Å². The fourth-order valence-electron chi connectivity index (χ4n) is 3.73. The van der Waals surface area contributed by atoms with Gasteiger partial charge in [-0.05, 0) is 53.4 Å². The Morgan fingerprint density at radius 3 is 2.45 bits per heavy atom. The predicted octanol–water partition coefficient (Wildman–Crippen LogP) is 6.03. The number of nitrogens with two attached hydrogens (primary N) is 1. The normalized spacial score (nSPS) is 10.8. The largest absolute Gasteiger partial charge is 0.507 e. The number of aromatic hydroxyl groups is 1. The molecular weight excluding hydrogens is 567 g/mol. The molecule has 5 N–H and O–H groups in total. The highest BCUT2D eigenvalue weighted by molar-refractivity contribution is 7.12.